The molecule has 1 aliphatic heterocycles. The zero-order valence-electron chi connectivity index (χ0n) is 9.98. The van der Waals surface area contributed by atoms with E-state index in [1.165, 1.54) is 30.7 Å². The summed E-state index contributed by atoms with van der Waals surface area (Å²) in [6.45, 7) is 0. The van der Waals surface area contributed by atoms with Gasteiger partial charge in [-0.1, -0.05) is 12.1 Å². The summed E-state index contributed by atoms with van der Waals surface area (Å²) in [5, 5.41) is 0. The van der Waals surface area contributed by atoms with Crippen molar-refractivity contribution in [1.29, 1.82) is 0 Å². The van der Waals surface area contributed by atoms with Gasteiger partial charge in [0.05, 0.1) is 11.1 Å². The first-order valence-electron chi connectivity index (χ1n) is 5.71. The molecule has 2 aromatic rings. The molecule has 0 unspecified atom stereocenters. The standard InChI is InChI=1S/C14H7F3N2O/c15-14(16,17)9-3-1-8(2-4-9)10-5-18-6-12-11(10)7-19-13(12)20/h1-7H. The highest BCUT2D eigenvalue weighted by Gasteiger charge is 2.30. The van der Waals surface area contributed by atoms with E-state index in [9.17, 15) is 18.0 Å². The molecule has 0 radical (unpaired) electrons. The lowest BCUT2D eigenvalue weighted by Gasteiger charge is -2.09. The number of nitrogens with zero attached hydrogens (tertiary/aromatic N) is 2. The number of benzene rings is 1. The third-order valence-electron chi connectivity index (χ3n) is 3.05. The van der Waals surface area contributed by atoms with Crippen molar-refractivity contribution >= 4 is 12.1 Å². The largest absolute Gasteiger partial charge is 0.416 e. The van der Waals surface area contributed by atoms with Gasteiger partial charge in [-0.25, -0.2) is 4.99 Å². The SMILES string of the molecule is O=C1N=Cc2c1cncc2-c1ccc(C(F)(F)F)cc1. The Labute approximate surface area is 111 Å². The fourth-order valence-electron chi connectivity index (χ4n) is 2.04. The van der Waals surface area contributed by atoms with E-state index in [4.69, 9.17) is 0 Å². The second-order valence-electron chi connectivity index (χ2n) is 4.29. The minimum Gasteiger partial charge on any atom is -0.267 e. The van der Waals surface area contributed by atoms with Crippen LogP contribution < -0.4 is 0 Å². The third kappa shape index (κ3) is 1.99. The van der Waals surface area contributed by atoms with Crippen molar-refractivity contribution < 1.29 is 18.0 Å². The summed E-state index contributed by atoms with van der Waals surface area (Å²) in [6.07, 6.45) is -0.0521. The fourth-order valence-corrected chi connectivity index (χ4v) is 2.04. The van der Waals surface area contributed by atoms with Gasteiger partial charge >= 0.3 is 6.18 Å². The molecule has 1 aromatic carbocycles. The van der Waals surface area contributed by atoms with Crippen molar-refractivity contribution in [1.82, 2.24) is 4.98 Å². The van der Waals surface area contributed by atoms with Crippen LogP contribution in [0, 0.1) is 0 Å². The molecule has 100 valence electrons. The van der Waals surface area contributed by atoms with Crippen LogP contribution in [0.1, 0.15) is 21.5 Å². The van der Waals surface area contributed by atoms with Gasteiger partial charge in [-0.05, 0) is 17.7 Å². The quantitative estimate of drug-likeness (QED) is 0.801. The highest BCUT2D eigenvalue weighted by molar-refractivity contribution is 6.15. The summed E-state index contributed by atoms with van der Waals surface area (Å²) < 4.78 is 37.5. The highest BCUT2D eigenvalue weighted by atomic mass is 19.4. The summed E-state index contributed by atoms with van der Waals surface area (Å²) in [7, 11) is 0. The number of aliphatic imine (C=N–C) groups is 1. The van der Waals surface area contributed by atoms with E-state index in [2.05, 4.69) is 9.98 Å². The van der Waals surface area contributed by atoms with Crippen molar-refractivity contribution in [2.75, 3.05) is 0 Å². The Morgan fingerprint density at radius 1 is 0.950 bits per heavy atom. The number of amides is 1. The highest BCUT2D eigenvalue weighted by Crippen LogP contribution is 2.32. The van der Waals surface area contributed by atoms with Crippen molar-refractivity contribution in [3.8, 4) is 11.1 Å². The van der Waals surface area contributed by atoms with E-state index in [1.807, 2.05) is 0 Å². The molecule has 0 fully saturated rings. The lowest BCUT2D eigenvalue weighted by molar-refractivity contribution is -0.137. The normalized spacial score (nSPS) is 13.7. The van der Waals surface area contributed by atoms with Crippen LogP contribution in [0.15, 0.2) is 41.7 Å². The van der Waals surface area contributed by atoms with Gasteiger partial charge in [0.1, 0.15) is 0 Å². The predicted molar refractivity (Wildman–Crippen MR) is 66.6 cm³/mol. The molecule has 1 aromatic heterocycles. The van der Waals surface area contributed by atoms with Crippen LogP contribution in [0.5, 0.6) is 0 Å². The van der Waals surface area contributed by atoms with Crippen molar-refractivity contribution in [2.45, 2.75) is 6.18 Å². The smallest absolute Gasteiger partial charge is 0.267 e. The second kappa shape index (κ2) is 4.26. The number of halogens is 3. The molecule has 0 saturated heterocycles. The van der Waals surface area contributed by atoms with Gasteiger partial charge in [-0.15, -0.1) is 0 Å². The minimum absolute atomic E-state index is 0.363. The van der Waals surface area contributed by atoms with E-state index >= 15 is 0 Å². The molecular weight excluding hydrogens is 269 g/mol. The minimum atomic E-state index is -4.37. The molecule has 1 amide bonds. The van der Waals surface area contributed by atoms with Gasteiger partial charge in [-0.3, -0.25) is 9.78 Å². The van der Waals surface area contributed by atoms with Crippen molar-refractivity contribution in [3.05, 3.63) is 53.3 Å². The lowest BCUT2D eigenvalue weighted by atomic mass is 9.99. The Kier molecular flexibility index (Phi) is 2.67. The van der Waals surface area contributed by atoms with Crippen molar-refractivity contribution in [3.63, 3.8) is 0 Å². The van der Waals surface area contributed by atoms with Crippen LogP contribution in [0.25, 0.3) is 11.1 Å². The lowest BCUT2D eigenvalue weighted by Crippen LogP contribution is -2.04. The Morgan fingerprint density at radius 2 is 1.60 bits per heavy atom. The number of fused-ring (bicyclic) bond motifs is 1. The summed E-state index contributed by atoms with van der Waals surface area (Å²) >= 11 is 0. The molecule has 3 rings (SSSR count). The Morgan fingerprint density at radius 3 is 2.25 bits per heavy atom. The molecule has 1 aliphatic rings. The maximum Gasteiger partial charge on any atom is 0.416 e. The van der Waals surface area contributed by atoms with E-state index in [1.54, 1.807) is 0 Å². The average molecular weight is 276 g/mol. The van der Waals surface area contributed by atoms with Crippen molar-refractivity contribution in [2.24, 2.45) is 4.99 Å². The monoisotopic (exact) mass is 276 g/mol. The first-order valence-corrected chi connectivity index (χ1v) is 5.71. The Balaban J connectivity index is 2.07. The number of carbonyl (C=O) groups is 1. The molecule has 2 heterocycles. The maximum absolute atomic E-state index is 12.5. The van der Waals surface area contributed by atoms with Crippen LogP contribution in [0.3, 0.4) is 0 Å². The van der Waals surface area contributed by atoms with Gasteiger partial charge in [0.25, 0.3) is 5.91 Å². The summed E-state index contributed by atoms with van der Waals surface area (Å²) in [6, 6.07) is 4.72. The molecule has 0 N–H and O–H groups in total. The maximum atomic E-state index is 12.5. The van der Waals surface area contributed by atoms with E-state index in [0.717, 1.165) is 12.1 Å². The molecule has 0 bridgehead atoms. The summed E-state index contributed by atoms with van der Waals surface area (Å²) in [5.74, 6) is -0.388. The molecule has 0 saturated carbocycles. The van der Waals surface area contributed by atoms with Crippen LogP contribution in [-0.2, 0) is 6.18 Å². The number of aromatic nitrogens is 1. The van der Waals surface area contributed by atoms with Crippen LogP contribution in [0.4, 0.5) is 13.2 Å². The number of pyridine rings is 1. The molecule has 0 atom stereocenters. The topological polar surface area (TPSA) is 42.3 Å². The Hall–Kier alpha value is -2.50. The molecule has 6 heteroatoms. The second-order valence-corrected chi connectivity index (χ2v) is 4.29. The van der Waals surface area contributed by atoms with Gasteiger partial charge in [-0.2, -0.15) is 13.2 Å². The van der Waals surface area contributed by atoms with Crippen LogP contribution in [-0.4, -0.2) is 17.1 Å². The molecule has 3 nitrogen and oxygen atoms in total. The van der Waals surface area contributed by atoms with Crippen LogP contribution >= 0.6 is 0 Å². The van der Waals surface area contributed by atoms with Gasteiger partial charge in [0, 0.05) is 29.7 Å². The number of alkyl halides is 3. The molecular formula is C14H7F3N2O. The predicted octanol–water partition coefficient (Wildman–Crippen LogP) is 3.34. The Bertz CT molecular complexity index is 718. The van der Waals surface area contributed by atoms with E-state index < -0.39 is 11.7 Å². The summed E-state index contributed by atoms with van der Waals surface area (Å²) in [5.41, 5.74) is 1.38. The average Bonchev–Trinajstić information content (AvgIpc) is 2.80. The zero-order chi connectivity index (χ0) is 14.3. The number of carbonyl (C=O) groups excluding carboxylic acids is 1. The van der Waals surface area contributed by atoms with E-state index in [0.29, 0.717) is 22.3 Å². The fraction of sp³-hybridized carbons (Fsp3) is 0.0714. The van der Waals surface area contributed by atoms with Crippen LogP contribution in [0.2, 0.25) is 0 Å². The summed E-state index contributed by atoms with van der Waals surface area (Å²) in [4.78, 5) is 19.0. The molecule has 0 aliphatic carbocycles. The molecule has 0 spiro atoms. The van der Waals surface area contributed by atoms with Gasteiger partial charge in [0.2, 0.25) is 0 Å². The van der Waals surface area contributed by atoms with E-state index in [-0.39, 0.29) is 5.91 Å². The number of hydrogen-bond donors (Lipinski definition) is 0. The third-order valence-corrected chi connectivity index (χ3v) is 3.05. The van der Waals surface area contributed by atoms with Gasteiger partial charge in [0.15, 0.2) is 0 Å². The first-order chi connectivity index (χ1) is 9.47. The number of hydrogen-bond acceptors (Lipinski definition) is 2. The first kappa shape index (κ1) is 12.5. The molecule has 20 heavy (non-hydrogen) atoms. The van der Waals surface area contributed by atoms with Gasteiger partial charge < -0.3 is 0 Å². The zero-order valence-corrected chi connectivity index (χ0v) is 9.98. The number of rotatable bonds is 1.